The first-order valence-electron chi connectivity index (χ1n) is 3.41. The zero-order valence-electron chi connectivity index (χ0n) is 6.57. The van der Waals surface area contributed by atoms with Crippen molar-refractivity contribution >= 4 is 15.9 Å². The van der Waals surface area contributed by atoms with Crippen molar-refractivity contribution in [1.29, 1.82) is 0 Å². The predicted octanol–water partition coefficient (Wildman–Crippen LogP) is 3.68. The van der Waals surface area contributed by atoms with Gasteiger partial charge in [-0.25, -0.2) is 8.78 Å². The van der Waals surface area contributed by atoms with Crippen molar-refractivity contribution in [3.8, 4) is 0 Å². The maximum Gasteiger partial charge on any atom is 0.274 e. The smallest absolute Gasteiger partial charge is 0.201 e. The molecule has 0 bridgehead atoms. The summed E-state index contributed by atoms with van der Waals surface area (Å²) in [5.74, 6) is -3.02. The van der Waals surface area contributed by atoms with Crippen LogP contribution in [0.3, 0.4) is 0 Å². The van der Waals surface area contributed by atoms with Gasteiger partial charge in [0.05, 0.1) is 0 Å². The largest absolute Gasteiger partial charge is 0.274 e. The molecule has 1 rings (SSSR count). The van der Waals surface area contributed by atoms with Gasteiger partial charge in [0.1, 0.15) is 0 Å². The molecule has 0 aliphatic heterocycles. The van der Waals surface area contributed by atoms with E-state index < -0.39 is 5.92 Å². The van der Waals surface area contributed by atoms with Crippen LogP contribution in [0, 0.1) is 13.8 Å². The van der Waals surface area contributed by atoms with Gasteiger partial charge in [-0.2, -0.15) is 0 Å². The molecule has 1 aromatic carbocycles. The minimum Gasteiger partial charge on any atom is -0.201 e. The Morgan fingerprint density at radius 1 is 1.42 bits per heavy atom. The molecule has 0 aliphatic carbocycles. The third kappa shape index (κ3) is 2.03. The van der Waals surface area contributed by atoms with Crippen molar-refractivity contribution in [3.63, 3.8) is 0 Å². The average molecular weight is 234 g/mol. The molecule has 0 amide bonds. The van der Waals surface area contributed by atoms with Crippen LogP contribution in [-0.4, -0.2) is 0 Å². The minimum atomic E-state index is -3.02. The first kappa shape index (κ1) is 9.65. The third-order valence-electron chi connectivity index (χ3n) is 1.52. The Morgan fingerprint density at radius 3 is 2.42 bits per heavy atom. The molecule has 12 heavy (non-hydrogen) atoms. The molecular weight excluding hydrogens is 226 g/mol. The highest BCUT2D eigenvalue weighted by molar-refractivity contribution is 9.10. The van der Waals surface area contributed by atoms with Crippen LogP contribution in [0.25, 0.3) is 0 Å². The molecule has 0 spiro atoms. The zero-order chi connectivity index (χ0) is 9.35. The lowest BCUT2D eigenvalue weighted by atomic mass is 10.1. The summed E-state index contributed by atoms with van der Waals surface area (Å²) in [4.78, 5) is 0. The van der Waals surface area contributed by atoms with E-state index in [0.717, 1.165) is 5.56 Å². The Kier molecular flexibility index (Phi) is 2.52. The fourth-order valence-electron chi connectivity index (χ4n) is 0.917. The summed E-state index contributed by atoms with van der Waals surface area (Å²) in [7, 11) is 0. The van der Waals surface area contributed by atoms with Crippen LogP contribution in [0.1, 0.15) is 11.1 Å². The van der Waals surface area contributed by atoms with Crippen LogP contribution in [0.15, 0.2) is 22.7 Å². The summed E-state index contributed by atoms with van der Waals surface area (Å²) in [5, 5.41) is 0. The van der Waals surface area contributed by atoms with E-state index in [0.29, 0.717) is 4.47 Å². The number of halogens is 3. The van der Waals surface area contributed by atoms with Gasteiger partial charge in [0.25, 0.3) is 5.92 Å². The first-order chi connectivity index (χ1) is 5.41. The molecule has 0 saturated carbocycles. The Bertz CT molecular complexity index is 289. The molecule has 0 unspecified atom stereocenters. The van der Waals surface area contributed by atoms with Crippen molar-refractivity contribution < 1.29 is 8.78 Å². The first-order valence-corrected chi connectivity index (χ1v) is 4.20. The zero-order valence-corrected chi connectivity index (χ0v) is 8.16. The number of hydrogen-bond acceptors (Lipinski definition) is 0. The molecule has 65 valence electrons. The van der Waals surface area contributed by atoms with Crippen LogP contribution in [0.5, 0.6) is 0 Å². The van der Waals surface area contributed by atoms with E-state index in [9.17, 15) is 8.78 Å². The van der Waals surface area contributed by atoms with Gasteiger partial charge in [0, 0.05) is 17.0 Å². The van der Waals surface area contributed by atoms with E-state index in [-0.39, 0.29) is 5.56 Å². The van der Waals surface area contributed by atoms with Gasteiger partial charge in [-0.05, 0) is 18.6 Å². The normalized spacial score (nSPS) is 11.8. The Hall–Kier alpha value is -0.440. The Labute approximate surface area is 78.7 Å². The maximum absolute atomic E-state index is 12.7. The van der Waals surface area contributed by atoms with Gasteiger partial charge in [0.15, 0.2) is 0 Å². The van der Waals surface area contributed by atoms with Crippen molar-refractivity contribution in [2.75, 3.05) is 0 Å². The SMILES string of the molecule is [CH2]C(F)(F)c1ccc(C)cc1Br. The second-order valence-electron chi connectivity index (χ2n) is 2.69. The molecule has 3 heteroatoms. The molecule has 0 nitrogen and oxygen atoms in total. The van der Waals surface area contributed by atoms with Gasteiger partial charge in [-0.15, -0.1) is 0 Å². The lowest BCUT2D eigenvalue weighted by molar-refractivity contribution is 0.0478. The van der Waals surface area contributed by atoms with Crippen LogP contribution < -0.4 is 0 Å². The maximum atomic E-state index is 12.7. The second kappa shape index (κ2) is 3.13. The van der Waals surface area contributed by atoms with E-state index in [1.54, 1.807) is 12.1 Å². The van der Waals surface area contributed by atoms with E-state index >= 15 is 0 Å². The molecule has 1 aromatic rings. The van der Waals surface area contributed by atoms with Gasteiger partial charge in [0.2, 0.25) is 0 Å². The molecule has 0 aromatic heterocycles. The summed E-state index contributed by atoms with van der Waals surface area (Å²) in [6, 6.07) is 4.67. The quantitative estimate of drug-likeness (QED) is 0.695. The third-order valence-corrected chi connectivity index (χ3v) is 2.17. The summed E-state index contributed by atoms with van der Waals surface area (Å²) in [5.41, 5.74) is 0.864. The van der Waals surface area contributed by atoms with Crippen molar-refractivity contribution in [2.24, 2.45) is 0 Å². The average Bonchev–Trinajstić information content (AvgIpc) is 1.83. The summed E-state index contributed by atoms with van der Waals surface area (Å²) < 4.78 is 25.8. The van der Waals surface area contributed by atoms with Crippen molar-refractivity contribution in [2.45, 2.75) is 12.8 Å². The van der Waals surface area contributed by atoms with Crippen molar-refractivity contribution in [3.05, 3.63) is 40.7 Å². The lowest BCUT2D eigenvalue weighted by Gasteiger charge is -2.12. The Balaban J connectivity index is 3.19. The molecule has 0 N–H and O–H groups in total. The van der Waals surface area contributed by atoms with Crippen LogP contribution in [0.4, 0.5) is 8.78 Å². The fraction of sp³-hybridized carbons (Fsp3) is 0.222. The van der Waals surface area contributed by atoms with Gasteiger partial charge in [-0.3, -0.25) is 0 Å². The molecular formula is C9H8BrF2. The number of aryl methyl sites for hydroxylation is 1. The predicted molar refractivity (Wildman–Crippen MR) is 48.1 cm³/mol. The monoisotopic (exact) mass is 233 g/mol. The molecule has 1 radical (unpaired) electrons. The topological polar surface area (TPSA) is 0 Å². The summed E-state index contributed by atoms with van der Waals surface area (Å²) in [6.45, 7) is 4.61. The highest BCUT2D eigenvalue weighted by Crippen LogP contribution is 2.32. The highest BCUT2D eigenvalue weighted by Gasteiger charge is 2.26. The molecule has 0 heterocycles. The number of hydrogen-bond donors (Lipinski definition) is 0. The van der Waals surface area contributed by atoms with Crippen molar-refractivity contribution in [1.82, 2.24) is 0 Å². The van der Waals surface area contributed by atoms with Gasteiger partial charge >= 0.3 is 0 Å². The van der Waals surface area contributed by atoms with E-state index in [1.807, 2.05) is 6.92 Å². The summed E-state index contributed by atoms with van der Waals surface area (Å²) >= 11 is 3.06. The van der Waals surface area contributed by atoms with Crippen LogP contribution in [-0.2, 0) is 5.92 Å². The van der Waals surface area contributed by atoms with E-state index in [2.05, 4.69) is 22.9 Å². The minimum absolute atomic E-state index is 0.0758. The van der Waals surface area contributed by atoms with Crippen LogP contribution in [0.2, 0.25) is 0 Å². The number of alkyl halides is 2. The van der Waals surface area contributed by atoms with Gasteiger partial charge in [-0.1, -0.05) is 28.1 Å². The number of benzene rings is 1. The molecule has 0 fully saturated rings. The fourth-order valence-corrected chi connectivity index (χ4v) is 1.70. The standard InChI is InChI=1S/C9H8BrF2/c1-6-3-4-7(8(10)5-6)9(2,11)12/h3-5H,2H2,1H3. The van der Waals surface area contributed by atoms with E-state index in [1.165, 1.54) is 6.07 Å². The van der Waals surface area contributed by atoms with E-state index in [4.69, 9.17) is 0 Å². The lowest BCUT2D eigenvalue weighted by Crippen LogP contribution is -2.08. The number of rotatable bonds is 1. The Morgan fingerprint density at radius 2 is 2.00 bits per heavy atom. The second-order valence-corrected chi connectivity index (χ2v) is 3.54. The highest BCUT2D eigenvalue weighted by atomic mass is 79.9. The summed E-state index contributed by atoms with van der Waals surface area (Å²) in [6.07, 6.45) is 0. The van der Waals surface area contributed by atoms with Gasteiger partial charge < -0.3 is 0 Å². The molecule has 0 aliphatic rings. The molecule has 0 atom stereocenters. The molecule has 0 saturated heterocycles. The van der Waals surface area contributed by atoms with Crippen LogP contribution >= 0.6 is 15.9 Å².